The SMILES string of the molecule is CCCOc1ccc(/C=N\NC(=O)c2ccc3[nH]c4c(c3c2)CCCC4)cc1Cl. The molecule has 150 valence electrons. The highest BCUT2D eigenvalue weighted by Crippen LogP contribution is 2.29. The highest BCUT2D eigenvalue weighted by atomic mass is 35.5. The zero-order valence-electron chi connectivity index (χ0n) is 16.4. The molecular formula is C23H24ClN3O2. The number of aryl methyl sites for hydroxylation is 2. The fraction of sp³-hybridized carbons (Fsp3) is 0.304. The zero-order chi connectivity index (χ0) is 20.2. The van der Waals surface area contributed by atoms with E-state index in [1.165, 1.54) is 24.1 Å². The molecule has 0 atom stereocenters. The summed E-state index contributed by atoms with van der Waals surface area (Å²) in [6.07, 6.45) is 7.06. The highest BCUT2D eigenvalue weighted by Gasteiger charge is 2.16. The summed E-state index contributed by atoms with van der Waals surface area (Å²) >= 11 is 6.23. The third-order valence-corrected chi connectivity index (χ3v) is 5.45. The normalized spacial score (nSPS) is 13.6. The van der Waals surface area contributed by atoms with Gasteiger partial charge in [-0.2, -0.15) is 5.10 Å². The number of ether oxygens (including phenoxy) is 1. The minimum atomic E-state index is -0.233. The number of nitrogens with zero attached hydrogens (tertiary/aromatic N) is 1. The Morgan fingerprint density at radius 2 is 2.10 bits per heavy atom. The first-order valence-corrected chi connectivity index (χ1v) is 10.4. The van der Waals surface area contributed by atoms with Crippen LogP contribution in [0.1, 0.15) is 53.4 Å². The van der Waals surface area contributed by atoms with Crippen LogP contribution in [0.3, 0.4) is 0 Å². The van der Waals surface area contributed by atoms with E-state index < -0.39 is 0 Å². The largest absolute Gasteiger partial charge is 0.492 e. The number of carbonyl (C=O) groups excluding carboxylic acids is 1. The summed E-state index contributed by atoms with van der Waals surface area (Å²) in [6, 6.07) is 11.2. The molecule has 2 N–H and O–H groups in total. The molecular weight excluding hydrogens is 386 g/mol. The van der Waals surface area contributed by atoms with Crippen LogP contribution in [0.5, 0.6) is 5.75 Å². The summed E-state index contributed by atoms with van der Waals surface area (Å²) in [5.74, 6) is 0.417. The lowest BCUT2D eigenvalue weighted by Crippen LogP contribution is -2.17. The van der Waals surface area contributed by atoms with E-state index in [4.69, 9.17) is 16.3 Å². The number of halogens is 1. The van der Waals surface area contributed by atoms with Crippen molar-refractivity contribution in [2.75, 3.05) is 6.61 Å². The highest BCUT2D eigenvalue weighted by molar-refractivity contribution is 6.32. The molecule has 0 saturated carbocycles. The Labute approximate surface area is 175 Å². The van der Waals surface area contributed by atoms with Crippen molar-refractivity contribution in [1.82, 2.24) is 10.4 Å². The molecule has 29 heavy (non-hydrogen) atoms. The van der Waals surface area contributed by atoms with Crippen molar-refractivity contribution in [3.8, 4) is 5.75 Å². The molecule has 1 heterocycles. The van der Waals surface area contributed by atoms with E-state index in [-0.39, 0.29) is 5.91 Å². The van der Waals surface area contributed by atoms with E-state index in [9.17, 15) is 4.79 Å². The van der Waals surface area contributed by atoms with Gasteiger partial charge in [-0.25, -0.2) is 5.43 Å². The van der Waals surface area contributed by atoms with Crippen LogP contribution in [0.15, 0.2) is 41.5 Å². The number of H-pyrrole nitrogens is 1. The smallest absolute Gasteiger partial charge is 0.271 e. The van der Waals surface area contributed by atoms with Gasteiger partial charge in [0.05, 0.1) is 17.8 Å². The third kappa shape index (κ3) is 4.30. The van der Waals surface area contributed by atoms with Gasteiger partial charge in [-0.05, 0) is 79.6 Å². The van der Waals surface area contributed by atoms with Crippen molar-refractivity contribution < 1.29 is 9.53 Å². The second-order valence-electron chi connectivity index (χ2n) is 7.29. The van der Waals surface area contributed by atoms with E-state index in [0.29, 0.717) is 22.9 Å². The lowest BCUT2D eigenvalue weighted by atomic mass is 9.95. The molecule has 1 amide bonds. The maximum Gasteiger partial charge on any atom is 0.271 e. The van der Waals surface area contributed by atoms with Gasteiger partial charge in [0, 0.05) is 22.2 Å². The van der Waals surface area contributed by atoms with E-state index in [0.717, 1.165) is 35.7 Å². The van der Waals surface area contributed by atoms with Crippen LogP contribution in [-0.4, -0.2) is 23.7 Å². The Balaban J connectivity index is 1.45. The number of fused-ring (bicyclic) bond motifs is 3. The Morgan fingerprint density at radius 1 is 1.24 bits per heavy atom. The van der Waals surface area contributed by atoms with Gasteiger partial charge in [0.15, 0.2) is 0 Å². The van der Waals surface area contributed by atoms with Gasteiger partial charge < -0.3 is 9.72 Å². The summed E-state index contributed by atoms with van der Waals surface area (Å²) in [5, 5.41) is 5.74. The average molecular weight is 410 g/mol. The van der Waals surface area contributed by atoms with Crippen molar-refractivity contribution in [2.24, 2.45) is 5.10 Å². The number of hydrazone groups is 1. The van der Waals surface area contributed by atoms with Crippen molar-refractivity contribution in [3.05, 3.63) is 63.8 Å². The van der Waals surface area contributed by atoms with Crippen LogP contribution in [-0.2, 0) is 12.8 Å². The topological polar surface area (TPSA) is 66.5 Å². The standard InChI is InChI=1S/C23H24ClN3O2/c1-2-11-29-22-10-7-15(12-19(22)24)14-25-27-23(28)16-8-9-21-18(13-16)17-5-3-4-6-20(17)26-21/h7-10,12-14,26H,2-6,11H2,1H3,(H,27,28)/b25-14-. The number of benzene rings is 2. The molecule has 1 aliphatic rings. The lowest BCUT2D eigenvalue weighted by molar-refractivity contribution is 0.0955. The second kappa shape index (κ2) is 8.70. The lowest BCUT2D eigenvalue weighted by Gasteiger charge is -2.10. The first-order chi connectivity index (χ1) is 14.2. The Bertz CT molecular complexity index is 1070. The molecule has 0 unspecified atom stereocenters. The Morgan fingerprint density at radius 3 is 2.93 bits per heavy atom. The van der Waals surface area contributed by atoms with E-state index in [2.05, 4.69) is 15.5 Å². The molecule has 3 aromatic rings. The zero-order valence-corrected chi connectivity index (χ0v) is 17.2. The van der Waals surface area contributed by atoms with E-state index in [1.807, 2.05) is 37.3 Å². The molecule has 1 aliphatic carbocycles. The predicted molar refractivity (Wildman–Crippen MR) is 117 cm³/mol. The van der Waals surface area contributed by atoms with Gasteiger partial charge in [0.1, 0.15) is 5.75 Å². The molecule has 0 bridgehead atoms. The number of aromatic nitrogens is 1. The molecule has 0 radical (unpaired) electrons. The van der Waals surface area contributed by atoms with Gasteiger partial charge in [-0.15, -0.1) is 0 Å². The van der Waals surface area contributed by atoms with Crippen LogP contribution in [0.25, 0.3) is 10.9 Å². The van der Waals surface area contributed by atoms with Gasteiger partial charge >= 0.3 is 0 Å². The molecule has 4 rings (SSSR count). The maximum atomic E-state index is 12.5. The average Bonchev–Trinajstić information content (AvgIpc) is 3.11. The van der Waals surface area contributed by atoms with Crippen LogP contribution in [0.2, 0.25) is 5.02 Å². The second-order valence-corrected chi connectivity index (χ2v) is 7.69. The number of aromatic amines is 1. The molecule has 1 aromatic heterocycles. The van der Waals surface area contributed by atoms with Gasteiger partial charge in [-0.1, -0.05) is 18.5 Å². The number of amides is 1. The molecule has 0 aliphatic heterocycles. The molecule has 6 heteroatoms. The van der Waals surface area contributed by atoms with Crippen LogP contribution in [0, 0.1) is 0 Å². The van der Waals surface area contributed by atoms with E-state index in [1.54, 1.807) is 12.3 Å². The predicted octanol–water partition coefficient (Wildman–Crippen LogP) is 5.25. The fourth-order valence-electron chi connectivity index (χ4n) is 3.70. The van der Waals surface area contributed by atoms with Crippen LogP contribution >= 0.6 is 11.6 Å². The van der Waals surface area contributed by atoms with Gasteiger partial charge in [-0.3, -0.25) is 4.79 Å². The molecule has 0 fully saturated rings. The van der Waals surface area contributed by atoms with Crippen LogP contribution < -0.4 is 10.2 Å². The molecule has 2 aromatic carbocycles. The maximum absolute atomic E-state index is 12.5. The third-order valence-electron chi connectivity index (χ3n) is 5.16. The minimum absolute atomic E-state index is 0.233. The summed E-state index contributed by atoms with van der Waals surface area (Å²) in [7, 11) is 0. The quantitative estimate of drug-likeness (QED) is 0.431. The fourth-order valence-corrected chi connectivity index (χ4v) is 3.95. The number of hydrogen-bond donors (Lipinski definition) is 2. The summed E-state index contributed by atoms with van der Waals surface area (Å²) in [5.41, 5.74) is 7.74. The van der Waals surface area contributed by atoms with Crippen molar-refractivity contribution in [3.63, 3.8) is 0 Å². The Hall–Kier alpha value is -2.79. The number of nitrogens with one attached hydrogen (secondary N) is 2. The summed E-state index contributed by atoms with van der Waals surface area (Å²) in [6.45, 7) is 2.66. The molecule has 0 saturated heterocycles. The Kier molecular flexibility index (Phi) is 5.86. The van der Waals surface area contributed by atoms with Crippen molar-refractivity contribution in [1.29, 1.82) is 0 Å². The van der Waals surface area contributed by atoms with Crippen LogP contribution in [0.4, 0.5) is 0 Å². The van der Waals surface area contributed by atoms with Gasteiger partial charge in [0.25, 0.3) is 5.91 Å². The first-order valence-electron chi connectivity index (χ1n) is 10.0. The van der Waals surface area contributed by atoms with E-state index >= 15 is 0 Å². The van der Waals surface area contributed by atoms with Gasteiger partial charge in [0.2, 0.25) is 0 Å². The first kappa shape index (κ1) is 19.5. The number of carbonyl (C=O) groups is 1. The number of rotatable bonds is 6. The van der Waals surface area contributed by atoms with Crippen molar-refractivity contribution in [2.45, 2.75) is 39.0 Å². The molecule has 5 nitrogen and oxygen atoms in total. The van der Waals surface area contributed by atoms with Crippen molar-refractivity contribution >= 4 is 34.6 Å². The summed E-state index contributed by atoms with van der Waals surface area (Å²) in [4.78, 5) is 16.0. The monoisotopic (exact) mass is 409 g/mol. The summed E-state index contributed by atoms with van der Waals surface area (Å²) < 4.78 is 5.56. The molecule has 0 spiro atoms. The number of hydrogen-bond acceptors (Lipinski definition) is 3. The minimum Gasteiger partial charge on any atom is -0.492 e.